The van der Waals surface area contributed by atoms with Gasteiger partial charge in [0.1, 0.15) is 5.82 Å². The van der Waals surface area contributed by atoms with Crippen molar-refractivity contribution in [2.24, 2.45) is 5.92 Å². The molecule has 0 saturated carbocycles. The first-order chi connectivity index (χ1) is 7.95. The second kappa shape index (κ2) is 5.66. The first-order valence-electron chi connectivity index (χ1n) is 5.56. The van der Waals surface area contributed by atoms with Crippen LogP contribution in [0.5, 0.6) is 0 Å². The van der Waals surface area contributed by atoms with Gasteiger partial charge in [0, 0.05) is 11.7 Å². The molecule has 0 bridgehead atoms. The minimum absolute atomic E-state index is 0.122. The Balaban J connectivity index is 2.77. The molecule has 0 heterocycles. The van der Waals surface area contributed by atoms with Crippen LogP contribution in [0.2, 0.25) is 0 Å². The third-order valence-corrected chi connectivity index (χ3v) is 2.91. The predicted molar refractivity (Wildman–Crippen MR) is 65.4 cm³/mol. The molecule has 1 rings (SSSR count). The van der Waals surface area contributed by atoms with E-state index in [0.29, 0.717) is 5.69 Å². The summed E-state index contributed by atoms with van der Waals surface area (Å²) in [5, 5.41) is 3.13. The smallest absolute Gasteiger partial charge is 0.310 e. The number of anilines is 1. The zero-order valence-corrected chi connectivity index (χ0v) is 10.6. The molecule has 1 aromatic carbocycles. The first-order valence-corrected chi connectivity index (χ1v) is 5.56. The molecule has 0 radical (unpaired) electrons. The van der Waals surface area contributed by atoms with Crippen molar-refractivity contribution in [3.8, 4) is 0 Å². The highest BCUT2D eigenvalue weighted by Gasteiger charge is 2.21. The van der Waals surface area contributed by atoms with Gasteiger partial charge < -0.3 is 10.1 Å². The van der Waals surface area contributed by atoms with Crippen molar-refractivity contribution in [1.82, 2.24) is 0 Å². The van der Waals surface area contributed by atoms with Crippen LogP contribution in [0.4, 0.5) is 10.1 Å². The van der Waals surface area contributed by atoms with E-state index >= 15 is 0 Å². The highest BCUT2D eigenvalue weighted by atomic mass is 19.1. The van der Waals surface area contributed by atoms with Crippen LogP contribution in [0.25, 0.3) is 0 Å². The molecule has 2 atom stereocenters. The van der Waals surface area contributed by atoms with E-state index in [1.807, 2.05) is 13.8 Å². The maximum absolute atomic E-state index is 13.1. The Kier molecular flexibility index (Phi) is 4.49. The van der Waals surface area contributed by atoms with Gasteiger partial charge in [0.15, 0.2) is 0 Å². The van der Waals surface area contributed by atoms with E-state index < -0.39 is 0 Å². The van der Waals surface area contributed by atoms with Crippen molar-refractivity contribution < 1.29 is 13.9 Å². The lowest BCUT2D eigenvalue weighted by Crippen LogP contribution is -2.31. The Morgan fingerprint density at radius 1 is 1.41 bits per heavy atom. The Labute approximate surface area is 101 Å². The number of halogens is 1. The van der Waals surface area contributed by atoms with Crippen LogP contribution in [0.15, 0.2) is 18.2 Å². The lowest BCUT2D eigenvalue weighted by atomic mass is 10.0. The average Bonchev–Trinajstić information content (AvgIpc) is 2.31. The molecular weight excluding hydrogens is 221 g/mol. The molecule has 0 aliphatic carbocycles. The number of hydrogen-bond acceptors (Lipinski definition) is 3. The van der Waals surface area contributed by atoms with Gasteiger partial charge in [0.05, 0.1) is 13.0 Å². The number of nitrogens with one attached hydrogen (secondary N) is 1. The summed E-state index contributed by atoms with van der Waals surface area (Å²) in [7, 11) is 1.36. The Bertz CT molecular complexity index is 406. The van der Waals surface area contributed by atoms with E-state index in [1.54, 1.807) is 13.0 Å². The third kappa shape index (κ3) is 3.44. The average molecular weight is 239 g/mol. The largest absolute Gasteiger partial charge is 0.469 e. The van der Waals surface area contributed by atoms with Crippen molar-refractivity contribution in [2.45, 2.75) is 26.8 Å². The standard InChI is InChI=1S/C13H18FNO2/c1-8-5-6-11(14)7-12(8)15-10(3)9(2)13(16)17-4/h5-7,9-10,15H,1-4H3. The minimum atomic E-state index is -0.295. The number of rotatable bonds is 4. The molecule has 0 aromatic heterocycles. The van der Waals surface area contributed by atoms with Crippen molar-refractivity contribution in [2.75, 3.05) is 12.4 Å². The van der Waals surface area contributed by atoms with Crippen LogP contribution >= 0.6 is 0 Å². The Hall–Kier alpha value is -1.58. The van der Waals surface area contributed by atoms with Gasteiger partial charge in [-0.05, 0) is 38.5 Å². The molecule has 94 valence electrons. The van der Waals surface area contributed by atoms with E-state index in [0.717, 1.165) is 5.56 Å². The quantitative estimate of drug-likeness (QED) is 0.821. The normalized spacial score (nSPS) is 13.9. The van der Waals surface area contributed by atoms with Crippen LogP contribution < -0.4 is 5.32 Å². The molecule has 0 saturated heterocycles. The van der Waals surface area contributed by atoms with Crippen molar-refractivity contribution in [3.63, 3.8) is 0 Å². The lowest BCUT2D eigenvalue weighted by molar-refractivity contribution is -0.145. The van der Waals surface area contributed by atoms with Gasteiger partial charge in [-0.2, -0.15) is 0 Å². The van der Waals surface area contributed by atoms with Gasteiger partial charge in [-0.3, -0.25) is 4.79 Å². The van der Waals surface area contributed by atoms with E-state index in [-0.39, 0.29) is 23.7 Å². The molecular formula is C13H18FNO2. The number of carbonyl (C=O) groups is 1. The van der Waals surface area contributed by atoms with Gasteiger partial charge in [-0.15, -0.1) is 0 Å². The molecule has 0 aliphatic rings. The molecule has 0 amide bonds. The summed E-state index contributed by atoms with van der Waals surface area (Å²) in [6.07, 6.45) is 0. The highest BCUT2D eigenvalue weighted by molar-refractivity contribution is 5.73. The fourth-order valence-electron chi connectivity index (χ4n) is 1.51. The molecule has 4 heteroatoms. The van der Waals surface area contributed by atoms with E-state index in [4.69, 9.17) is 0 Å². The summed E-state index contributed by atoms with van der Waals surface area (Å²) >= 11 is 0. The lowest BCUT2D eigenvalue weighted by Gasteiger charge is -2.21. The topological polar surface area (TPSA) is 38.3 Å². The second-order valence-corrected chi connectivity index (χ2v) is 4.20. The molecule has 2 unspecified atom stereocenters. The summed E-state index contributed by atoms with van der Waals surface area (Å²) in [6, 6.07) is 4.42. The van der Waals surface area contributed by atoms with Crippen molar-refractivity contribution in [3.05, 3.63) is 29.6 Å². The Morgan fingerprint density at radius 3 is 2.65 bits per heavy atom. The minimum Gasteiger partial charge on any atom is -0.469 e. The maximum Gasteiger partial charge on any atom is 0.310 e. The predicted octanol–water partition coefficient (Wildman–Crippen LogP) is 2.74. The maximum atomic E-state index is 13.1. The highest BCUT2D eigenvalue weighted by Crippen LogP contribution is 2.19. The SMILES string of the molecule is COC(=O)C(C)C(C)Nc1cc(F)ccc1C. The van der Waals surface area contributed by atoms with Crippen molar-refractivity contribution >= 4 is 11.7 Å². The van der Waals surface area contributed by atoms with Gasteiger partial charge in [0.2, 0.25) is 0 Å². The fourth-order valence-corrected chi connectivity index (χ4v) is 1.51. The van der Waals surface area contributed by atoms with E-state index in [2.05, 4.69) is 10.1 Å². The van der Waals surface area contributed by atoms with Gasteiger partial charge >= 0.3 is 5.97 Å². The number of methoxy groups -OCH3 is 1. The number of aryl methyl sites for hydroxylation is 1. The number of ether oxygens (including phenoxy) is 1. The van der Waals surface area contributed by atoms with Crippen LogP contribution in [-0.2, 0) is 9.53 Å². The summed E-state index contributed by atoms with van der Waals surface area (Å²) in [4.78, 5) is 11.4. The van der Waals surface area contributed by atoms with E-state index in [9.17, 15) is 9.18 Å². The molecule has 0 fully saturated rings. The second-order valence-electron chi connectivity index (χ2n) is 4.20. The first kappa shape index (κ1) is 13.5. The van der Waals surface area contributed by atoms with Crippen LogP contribution in [0.3, 0.4) is 0 Å². The zero-order chi connectivity index (χ0) is 13.0. The van der Waals surface area contributed by atoms with Crippen LogP contribution in [0, 0.1) is 18.7 Å². The van der Waals surface area contributed by atoms with E-state index in [1.165, 1.54) is 19.2 Å². The summed E-state index contributed by atoms with van der Waals surface area (Å²) in [6.45, 7) is 5.53. The molecule has 1 N–H and O–H groups in total. The van der Waals surface area contributed by atoms with Gasteiger partial charge in [-0.25, -0.2) is 4.39 Å². The number of benzene rings is 1. The summed E-state index contributed by atoms with van der Waals surface area (Å²) in [5.41, 5.74) is 1.64. The van der Waals surface area contributed by atoms with Crippen LogP contribution in [-0.4, -0.2) is 19.1 Å². The monoisotopic (exact) mass is 239 g/mol. The summed E-state index contributed by atoms with van der Waals surface area (Å²) in [5.74, 6) is -0.863. The third-order valence-electron chi connectivity index (χ3n) is 2.91. The van der Waals surface area contributed by atoms with Gasteiger partial charge in [-0.1, -0.05) is 6.07 Å². The molecule has 0 spiro atoms. The van der Waals surface area contributed by atoms with Crippen molar-refractivity contribution in [1.29, 1.82) is 0 Å². The number of hydrogen-bond donors (Lipinski definition) is 1. The molecule has 3 nitrogen and oxygen atoms in total. The Morgan fingerprint density at radius 2 is 2.06 bits per heavy atom. The molecule has 1 aromatic rings. The number of esters is 1. The van der Waals surface area contributed by atoms with Gasteiger partial charge in [0.25, 0.3) is 0 Å². The van der Waals surface area contributed by atoms with Crippen LogP contribution in [0.1, 0.15) is 19.4 Å². The number of carbonyl (C=O) groups excluding carboxylic acids is 1. The zero-order valence-electron chi connectivity index (χ0n) is 10.6. The fraction of sp³-hybridized carbons (Fsp3) is 0.462. The molecule has 0 aliphatic heterocycles. The molecule has 17 heavy (non-hydrogen) atoms. The summed E-state index contributed by atoms with van der Waals surface area (Å²) < 4.78 is 17.8.